The van der Waals surface area contributed by atoms with Gasteiger partial charge in [-0.25, -0.2) is 4.98 Å². The largest absolute Gasteiger partial charge is 0.411 e. The van der Waals surface area contributed by atoms with E-state index in [0.717, 1.165) is 12.7 Å². The molecule has 1 aromatic heterocycles. The lowest BCUT2D eigenvalue weighted by Crippen LogP contribution is -2.47. The highest BCUT2D eigenvalue weighted by Crippen LogP contribution is 2.36. The summed E-state index contributed by atoms with van der Waals surface area (Å²) in [5, 5.41) is 2.07. The zero-order valence-corrected chi connectivity index (χ0v) is 10.6. The Morgan fingerprint density at radius 1 is 1.50 bits per heavy atom. The molecule has 1 heterocycles. The predicted octanol–water partition coefficient (Wildman–Crippen LogP) is 3.13. The minimum atomic E-state index is -4.48. The molecule has 92 valence electrons. The zero-order valence-electron chi connectivity index (χ0n) is 8.97. The molecule has 0 amide bonds. The van der Waals surface area contributed by atoms with Crippen LogP contribution >= 0.6 is 23.1 Å². The van der Waals surface area contributed by atoms with Crippen molar-refractivity contribution >= 4 is 23.1 Å². The van der Waals surface area contributed by atoms with E-state index in [1.165, 1.54) is 16.7 Å². The highest BCUT2D eigenvalue weighted by molar-refractivity contribution is 7.98. The van der Waals surface area contributed by atoms with Gasteiger partial charge < -0.3 is 5.73 Å². The molecule has 0 saturated carbocycles. The molecule has 0 aromatic carbocycles. The fraction of sp³-hybridized carbons (Fsp3) is 0.667. The highest BCUT2D eigenvalue weighted by Gasteiger charge is 2.50. The van der Waals surface area contributed by atoms with Crippen molar-refractivity contribution in [3.63, 3.8) is 0 Å². The van der Waals surface area contributed by atoms with E-state index < -0.39 is 11.7 Å². The van der Waals surface area contributed by atoms with E-state index in [0.29, 0.717) is 10.8 Å². The number of hydrogen-bond acceptors (Lipinski definition) is 4. The maximum atomic E-state index is 12.6. The van der Waals surface area contributed by atoms with Crippen LogP contribution in [0.5, 0.6) is 0 Å². The van der Waals surface area contributed by atoms with Crippen LogP contribution in [-0.4, -0.2) is 16.9 Å². The molecular formula is C9H13F3N2S2. The molecule has 0 aliphatic heterocycles. The summed E-state index contributed by atoms with van der Waals surface area (Å²) in [6.07, 6.45) is -4.48. The fourth-order valence-electron chi connectivity index (χ4n) is 0.950. The molecule has 0 aliphatic rings. The molecule has 1 unspecified atom stereocenters. The van der Waals surface area contributed by atoms with Crippen LogP contribution in [-0.2, 0) is 11.3 Å². The van der Waals surface area contributed by atoms with E-state index in [4.69, 9.17) is 5.73 Å². The lowest BCUT2D eigenvalue weighted by molar-refractivity contribution is -0.185. The van der Waals surface area contributed by atoms with Gasteiger partial charge in [0.2, 0.25) is 0 Å². The SMILES string of the molecule is CCSCc1nc(C(C)(N)C(F)(F)F)cs1. The van der Waals surface area contributed by atoms with Gasteiger partial charge in [0.05, 0.1) is 5.69 Å². The molecule has 0 aliphatic carbocycles. The van der Waals surface area contributed by atoms with Crippen LogP contribution in [0.2, 0.25) is 0 Å². The summed E-state index contributed by atoms with van der Waals surface area (Å²) in [6, 6.07) is 0. The van der Waals surface area contributed by atoms with Crippen LogP contribution in [0.15, 0.2) is 5.38 Å². The van der Waals surface area contributed by atoms with Crippen LogP contribution in [0.1, 0.15) is 24.5 Å². The Morgan fingerprint density at radius 2 is 2.12 bits per heavy atom. The fourth-order valence-corrected chi connectivity index (χ4v) is 2.61. The maximum absolute atomic E-state index is 12.6. The number of thiazole rings is 1. The number of nitrogens with zero attached hydrogens (tertiary/aromatic N) is 1. The molecule has 1 rings (SSSR count). The topological polar surface area (TPSA) is 38.9 Å². The molecule has 0 saturated heterocycles. The molecule has 1 atom stereocenters. The molecular weight excluding hydrogens is 257 g/mol. The van der Waals surface area contributed by atoms with E-state index in [1.54, 1.807) is 11.8 Å². The summed E-state index contributed by atoms with van der Waals surface area (Å²) in [5.74, 6) is 1.54. The zero-order chi connectivity index (χ0) is 12.4. The summed E-state index contributed by atoms with van der Waals surface area (Å²) in [7, 11) is 0. The van der Waals surface area contributed by atoms with E-state index in [-0.39, 0.29) is 5.69 Å². The molecule has 2 nitrogen and oxygen atoms in total. The van der Waals surface area contributed by atoms with Gasteiger partial charge in [-0.1, -0.05) is 6.92 Å². The summed E-state index contributed by atoms with van der Waals surface area (Å²) < 4.78 is 37.8. The first-order valence-corrected chi connectivity index (χ1v) is 6.70. The second kappa shape index (κ2) is 4.93. The average Bonchev–Trinajstić information content (AvgIpc) is 2.61. The Kier molecular flexibility index (Phi) is 4.25. The lowest BCUT2D eigenvalue weighted by atomic mass is 10.00. The predicted molar refractivity (Wildman–Crippen MR) is 61.5 cm³/mol. The van der Waals surface area contributed by atoms with E-state index in [1.807, 2.05) is 6.92 Å². The molecule has 0 spiro atoms. The number of nitrogens with two attached hydrogens (primary N) is 1. The highest BCUT2D eigenvalue weighted by atomic mass is 32.2. The Bertz CT molecular complexity index is 347. The Hall–Kier alpha value is -0.270. The van der Waals surface area contributed by atoms with E-state index in [9.17, 15) is 13.2 Å². The van der Waals surface area contributed by atoms with Gasteiger partial charge in [-0.15, -0.1) is 11.3 Å². The average molecular weight is 270 g/mol. The Labute approximate surface area is 100 Å². The summed E-state index contributed by atoms with van der Waals surface area (Å²) >= 11 is 2.84. The molecule has 0 radical (unpaired) electrons. The number of thioether (sulfide) groups is 1. The number of halogens is 3. The standard InChI is InChI=1S/C9H13F3N2S2/c1-3-15-5-7-14-6(4-16-7)8(2,13)9(10,11)12/h4H,3,5,13H2,1-2H3. The first-order valence-electron chi connectivity index (χ1n) is 4.67. The molecule has 1 aromatic rings. The first kappa shape index (κ1) is 13.8. The van der Waals surface area contributed by atoms with Gasteiger partial charge in [-0.05, 0) is 12.7 Å². The second-order valence-electron chi connectivity index (χ2n) is 3.46. The van der Waals surface area contributed by atoms with Crippen LogP contribution in [0.3, 0.4) is 0 Å². The van der Waals surface area contributed by atoms with Gasteiger partial charge in [0, 0.05) is 11.1 Å². The third kappa shape index (κ3) is 2.89. The van der Waals surface area contributed by atoms with Crippen LogP contribution in [0, 0.1) is 0 Å². The van der Waals surface area contributed by atoms with Gasteiger partial charge in [-0.2, -0.15) is 24.9 Å². The van der Waals surface area contributed by atoms with Gasteiger partial charge in [0.1, 0.15) is 5.01 Å². The molecule has 0 bridgehead atoms. The quantitative estimate of drug-likeness (QED) is 0.913. The van der Waals surface area contributed by atoms with Crippen LogP contribution in [0.25, 0.3) is 0 Å². The van der Waals surface area contributed by atoms with Gasteiger partial charge in [0.15, 0.2) is 5.54 Å². The van der Waals surface area contributed by atoms with E-state index >= 15 is 0 Å². The Morgan fingerprint density at radius 3 is 2.62 bits per heavy atom. The minimum Gasteiger partial charge on any atom is -0.313 e. The third-order valence-corrected chi connectivity index (χ3v) is 4.02. The molecule has 0 fully saturated rings. The van der Waals surface area contributed by atoms with Crippen molar-refractivity contribution in [3.05, 3.63) is 16.1 Å². The van der Waals surface area contributed by atoms with Crippen LogP contribution < -0.4 is 5.73 Å². The molecule has 2 N–H and O–H groups in total. The summed E-state index contributed by atoms with van der Waals surface area (Å²) in [4.78, 5) is 3.94. The monoisotopic (exact) mass is 270 g/mol. The van der Waals surface area contributed by atoms with E-state index in [2.05, 4.69) is 4.98 Å². The van der Waals surface area contributed by atoms with Gasteiger partial charge >= 0.3 is 6.18 Å². The van der Waals surface area contributed by atoms with Gasteiger partial charge in [-0.3, -0.25) is 0 Å². The lowest BCUT2D eigenvalue weighted by Gasteiger charge is -2.25. The summed E-state index contributed by atoms with van der Waals surface area (Å²) in [5.41, 5.74) is 2.81. The molecule has 7 heteroatoms. The first-order chi connectivity index (χ1) is 7.29. The van der Waals surface area contributed by atoms with Crippen LogP contribution in [0.4, 0.5) is 13.2 Å². The van der Waals surface area contributed by atoms with Crippen molar-refractivity contribution < 1.29 is 13.2 Å². The second-order valence-corrected chi connectivity index (χ2v) is 5.68. The van der Waals surface area contributed by atoms with Crippen molar-refractivity contribution in [3.8, 4) is 0 Å². The third-order valence-electron chi connectivity index (χ3n) is 2.10. The number of aromatic nitrogens is 1. The van der Waals surface area contributed by atoms with Crippen molar-refractivity contribution in [2.75, 3.05) is 5.75 Å². The van der Waals surface area contributed by atoms with Crippen molar-refractivity contribution in [1.82, 2.24) is 4.98 Å². The Balaban J connectivity index is 2.85. The normalized spacial score (nSPS) is 16.1. The number of hydrogen-bond donors (Lipinski definition) is 1. The van der Waals surface area contributed by atoms with Crippen molar-refractivity contribution in [2.24, 2.45) is 5.73 Å². The maximum Gasteiger partial charge on any atom is 0.411 e. The van der Waals surface area contributed by atoms with Gasteiger partial charge in [0.25, 0.3) is 0 Å². The number of rotatable bonds is 4. The number of alkyl halides is 3. The minimum absolute atomic E-state index is 0.100. The van der Waals surface area contributed by atoms with Crippen molar-refractivity contribution in [1.29, 1.82) is 0 Å². The van der Waals surface area contributed by atoms with Crippen molar-refractivity contribution in [2.45, 2.75) is 31.3 Å². The smallest absolute Gasteiger partial charge is 0.313 e. The molecule has 16 heavy (non-hydrogen) atoms. The summed E-state index contributed by atoms with van der Waals surface area (Å²) in [6.45, 7) is 2.93.